The van der Waals surface area contributed by atoms with Gasteiger partial charge in [-0.05, 0) is 48.4 Å². The lowest BCUT2D eigenvalue weighted by molar-refractivity contribution is -0.144. The number of fused-ring (bicyclic) bond motifs is 5. The van der Waals surface area contributed by atoms with Crippen molar-refractivity contribution in [2.24, 2.45) is 17.8 Å². The van der Waals surface area contributed by atoms with Crippen LogP contribution in [0.1, 0.15) is 56.4 Å². The normalized spacial score (nSPS) is 36.1. The molecular formula is C31H30Cl2N2O5. The van der Waals surface area contributed by atoms with E-state index < -0.39 is 45.2 Å². The van der Waals surface area contributed by atoms with Crippen molar-refractivity contribution in [1.82, 2.24) is 9.80 Å². The predicted octanol–water partition coefficient (Wildman–Crippen LogP) is 4.87. The zero-order chi connectivity index (χ0) is 28.1. The highest BCUT2D eigenvalue weighted by molar-refractivity contribution is 6.53. The Morgan fingerprint density at radius 1 is 0.900 bits per heavy atom. The maximum Gasteiger partial charge on any atom is 0.253 e. The van der Waals surface area contributed by atoms with Gasteiger partial charge in [0.2, 0.25) is 11.8 Å². The Labute approximate surface area is 242 Å². The SMILES string of the molecule is CN1C(=O)C2(Cl)CC3C(=CCC4C(=O)N(C5CCCCC5)C(=O)C43)C(c3c(O)ccc4ccccc34)C2(Cl)C1=O. The Morgan fingerprint density at radius 2 is 1.62 bits per heavy atom. The molecule has 208 valence electrons. The molecule has 40 heavy (non-hydrogen) atoms. The molecule has 2 aromatic rings. The summed E-state index contributed by atoms with van der Waals surface area (Å²) >= 11 is 14.6. The van der Waals surface area contributed by atoms with E-state index in [2.05, 4.69) is 0 Å². The van der Waals surface area contributed by atoms with Crippen LogP contribution < -0.4 is 0 Å². The Kier molecular flexibility index (Phi) is 5.72. The van der Waals surface area contributed by atoms with Crippen LogP contribution >= 0.6 is 23.2 Å². The molecule has 6 atom stereocenters. The summed E-state index contributed by atoms with van der Waals surface area (Å²) in [4.78, 5) is 54.0. The van der Waals surface area contributed by atoms with Gasteiger partial charge in [-0.15, -0.1) is 23.2 Å². The van der Waals surface area contributed by atoms with Gasteiger partial charge in [0.15, 0.2) is 9.75 Å². The van der Waals surface area contributed by atoms with Gasteiger partial charge in [-0.1, -0.05) is 61.2 Å². The van der Waals surface area contributed by atoms with E-state index in [1.165, 1.54) is 11.9 Å². The number of aromatic hydroxyl groups is 1. The maximum absolute atomic E-state index is 14.1. The van der Waals surface area contributed by atoms with Crippen LogP contribution in [0.15, 0.2) is 48.0 Å². The van der Waals surface area contributed by atoms with E-state index in [1.54, 1.807) is 12.1 Å². The average Bonchev–Trinajstić information content (AvgIpc) is 3.29. The Bertz CT molecular complexity index is 1530. The van der Waals surface area contributed by atoms with Crippen molar-refractivity contribution in [1.29, 1.82) is 0 Å². The van der Waals surface area contributed by atoms with Crippen molar-refractivity contribution in [3.05, 3.63) is 53.6 Å². The lowest BCUT2D eigenvalue weighted by Gasteiger charge is -2.51. The Hall–Kier alpha value is -2.90. The minimum Gasteiger partial charge on any atom is -0.508 e. The molecule has 2 aliphatic heterocycles. The molecule has 0 aromatic heterocycles. The van der Waals surface area contributed by atoms with Crippen LogP contribution in [-0.4, -0.2) is 61.4 Å². The minimum absolute atomic E-state index is 0.0421. The van der Waals surface area contributed by atoms with Crippen molar-refractivity contribution in [3.8, 4) is 5.75 Å². The fourth-order valence-electron chi connectivity index (χ4n) is 8.37. The Morgan fingerprint density at radius 3 is 2.38 bits per heavy atom. The first-order chi connectivity index (χ1) is 19.1. The van der Waals surface area contributed by atoms with E-state index >= 15 is 0 Å². The van der Waals surface area contributed by atoms with Gasteiger partial charge in [-0.3, -0.25) is 29.0 Å². The second-order valence-electron chi connectivity index (χ2n) is 12.1. The van der Waals surface area contributed by atoms with Gasteiger partial charge in [0.1, 0.15) is 5.75 Å². The van der Waals surface area contributed by atoms with Crippen LogP contribution in [0, 0.1) is 17.8 Å². The number of benzene rings is 2. The van der Waals surface area contributed by atoms with Crippen molar-refractivity contribution < 1.29 is 24.3 Å². The molecule has 9 heteroatoms. The molecular weight excluding hydrogens is 551 g/mol. The van der Waals surface area contributed by atoms with E-state index in [0.29, 0.717) is 22.9 Å². The topological polar surface area (TPSA) is 95.0 Å². The number of allylic oxidation sites excluding steroid dienone is 2. The van der Waals surface area contributed by atoms with Gasteiger partial charge < -0.3 is 5.11 Å². The molecule has 2 aromatic carbocycles. The summed E-state index contributed by atoms with van der Waals surface area (Å²) in [7, 11) is 1.37. The molecule has 1 N–H and O–H groups in total. The van der Waals surface area contributed by atoms with E-state index in [4.69, 9.17) is 23.2 Å². The number of phenolic OH excluding ortho intramolecular Hbond substituents is 1. The second kappa shape index (κ2) is 8.80. The predicted molar refractivity (Wildman–Crippen MR) is 150 cm³/mol. The molecule has 2 saturated heterocycles. The first kappa shape index (κ1) is 26.0. The number of hydrogen-bond donors (Lipinski definition) is 1. The van der Waals surface area contributed by atoms with Crippen LogP contribution in [0.2, 0.25) is 0 Å². The van der Waals surface area contributed by atoms with Gasteiger partial charge in [0.25, 0.3) is 11.8 Å². The summed E-state index contributed by atoms with van der Waals surface area (Å²) in [5.74, 6) is -4.50. The molecule has 7 rings (SSSR count). The number of halogens is 2. The largest absolute Gasteiger partial charge is 0.508 e. The third-order valence-corrected chi connectivity index (χ3v) is 11.6. The van der Waals surface area contributed by atoms with E-state index in [1.807, 2.05) is 30.3 Å². The molecule has 3 aliphatic carbocycles. The zero-order valence-electron chi connectivity index (χ0n) is 22.1. The highest BCUT2D eigenvalue weighted by Gasteiger charge is 2.76. The number of likely N-dealkylation sites (tertiary alicyclic amines) is 2. The van der Waals surface area contributed by atoms with Crippen LogP contribution in [0.4, 0.5) is 0 Å². The molecule has 4 fully saturated rings. The highest BCUT2D eigenvalue weighted by atomic mass is 35.5. The van der Waals surface area contributed by atoms with Gasteiger partial charge in [-0.25, -0.2) is 0 Å². The number of nitrogens with zero attached hydrogens (tertiary/aromatic N) is 2. The number of carbonyl (C=O) groups excluding carboxylic acids is 4. The zero-order valence-corrected chi connectivity index (χ0v) is 23.6. The summed E-state index contributed by atoms with van der Waals surface area (Å²) in [6.45, 7) is 0. The quantitative estimate of drug-likeness (QED) is 0.311. The molecule has 0 bridgehead atoms. The van der Waals surface area contributed by atoms with E-state index in [-0.39, 0.29) is 30.0 Å². The molecule has 2 saturated carbocycles. The fourth-order valence-corrected chi connectivity index (χ4v) is 9.38. The number of alkyl halides is 2. The van der Waals surface area contributed by atoms with Crippen LogP contribution in [0.5, 0.6) is 5.75 Å². The van der Waals surface area contributed by atoms with Gasteiger partial charge in [0, 0.05) is 24.6 Å². The van der Waals surface area contributed by atoms with Crippen molar-refractivity contribution >= 4 is 57.6 Å². The van der Waals surface area contributed by atoms with Gasteiger partial charge >= 0.3 is 0 Å². The molecule has 4 amide bonds. The molecule has 2 heterocycles. The number of rotatable bonds is 2. The summed E-state index contributed by atoms with van der Waals surface area (Å²) in [6.07, 6.45) is 6.87. The molecule has 7 nitrogen and oxygen atoms in total. The van der Waals surface area contributed by atoms with Crippen LogP contribution in [-0.2, 0) is 19.2 Å². The summed E-state index contributed by atoms with van der Waals surface area (Å²) in [5.41, 5.74) is 1.10. The number of imide groups is 2. The number of hydrogen-bond acceptors (Lipinski definition) is 5. The van der Waals surface area contributed by atoms with E-state index in [9.17, 15) is 24.3 Å². The molecule has 0 radical (unpaired) electrons. The third-order valence-electron chi connectivity index (χ3n) is 10.2. The number of phenols is 1. The lowest BCUT2D eigenvalue weighted by atomic mass is 9.56. The first-order valence-electron chi connectivity index (χ1n) is 14.1. The molecule has 5 aliphatic rings. The van der Waals surface area contributed by atoms with Crippen LogP contribution in [0.3, 0.4) is 0 Å². The third kappa shape index (κ3) is 3.14. The second-order valence-corrected chi connectivity index (χ2v) is 13.3. The molecule has 0 spiro atoms. The standard InChI is InChI=1S/C31H30Cl2N2O5/c1-34-28(39)30(32)15-21-19(12-13-20-23(21)27(38)35(26(20)37)17-8-3-2-4-9-17)25(31(30,33)29(34)40)24-18-10-6-5-7-16(18)11-14-22(24)36/h5-7,10-12,14,17,20-21,23,25,36H,2-4,8-9,13,15H2,1H3. The fraction of sp³-hybridized carbons (Fsp3) is 0.484. The number of carbonyl (C=O) groups is 4. The highest BCUT2D eigenvalue weighted by Crippen LogP contribution is 2.66. The van der Waals surface area contributed by atoms with E-state index in [0.717, 1.165) is 42.4 Å². The van der Waals surface area contributed by atoms with Gasteiger partial charge in [-0.2, -0.15) is 0 Å². The van der Waals surface area contributed by atoms with Crippen molar-refractivity contribution in [2.75, 3.05) is 7.05 Å². The smallest absolute Gasteiger partial charge is 0.253 e. The first-order valence-corrected chi connectivity index (χ1v) is 14.8. The summed E-state index contributed by atoms with van der Waals surface area (Å²) in [5, 5.41) is 12.8. The summed E-state index contributed by atoms with van der Waals surface area (Å²) < 4.78 is 0. The number of amides is 4. The van der Waals surface area contributed by atoms with Gasteiger partial charge in [0.05, 0.1) is 11.8 Å². The van der Waals surface area contributed by atoms with Crippen molar-refractivity contribution in [3.63, 3.8) is 0 Å². The summed E-state index contributed by atoms with van der Waals surface area (Å²) in [6, 6.07) is 10.7. The van der Waals surface area contributed by atoms with Crippen molar-refractivity contribution in [2.45, 2.75) is 66.7 Å². The monoisotopic (exact) mass is 580 g/mol. The lowest BCUT2D eigenvalue weighted by Crippen LogP contribution is -2.60. The van der Waals surface area contributed by atoms with Crippen LogP contribution in [0.25, 0.3) is 10.8 Å². The Balaban J connectivity index is 1.43. The maximum atomic E-state index is 14.1. The minimum atomic E-state index is -1.92. The molecule has 6 unspecified atom stereocenters. The average molecular weight is 581 g/mol.